The average molecular weight is 681 g/mol. The fourth-order valence-corrected chi connectivity index (χ4v) is 14.1. The van der Waals surface area contributed by atoms with Crippen molar-refractivity contribution in [2.24, 2.45) is 64.1 Å². The van der Waals surface area contributed by atoms with Crippen LogP contribution in [0.1, 0.15) is 122 Å². The predicted octanol–water partition coefficient (Wildman–Crippen LogP) is 7.73. The number of benzene rings is 1. The van der Waals surface area contributed by atoms with Crippen molar-refractivity contribution in [1.29, 1.82) is 0 Å². The molecule has 0 bridgehead atoms. The standard InChI is InChI=1S/C24H32O4.C20H24O2/c1-12-9-17-15(22-16(12)11-21(27)18-10-19(18)22)5-7-23(4)20(17)6-8-24(23,13(2)25)28-14(3)26;1-3-20(22)11-9-18-17-6-4-13-12-14(21)5-7-15(13)16(17)8-10-19(18,20)2/h11-12,15,17-20,22H,5-10H2,1-4H3;1,5,7,12,16-18,21-22H,4,6,8-11H2,2H3/t12-,15-,17+,18+,19-,20-,22+,23-,24-;16-,17-,18+,19+,20+/m01/s1. The summed E-state index contributed by atoms with van der Waals surface area (Å²) in [6, 6.07) is 5.87. The topological polar surface area (TPSA) is 101 Å². The largest absolute Gasteiger partial charge is 0.508 e. The molecule has 0 saturated heterocycles. The number of Topliss-reactive ketones (excluding diaryl/α,β-unsaturated/α-hetero) is 1. The molecule has 9 rings (SSSR count). The number of terminal acetylenes is 1. The summed E-state index contributed by atoms with van der Waals surface area (Å²) in [7, 11) is 0. The van der Waals surface area contributed by atoms with Gasteiger partial charge in [-0.2, -0.15) is 0 Å². The van der Waals surface area contributed by atoms with Gasteiger partial charge in [0.25, 0.3) is 0 Å². The van der Waals surface area contributed by atoms with E-state index in [9.17, 15) is 24.6 Å². The van der Waals surface area contributed by atoms with Crippen LogP contribution in [-0.4, -0.2) is 39.0 Å². The summed E-state index contributed by atoms with van der Waals surface area (Å²) < 4.78 is 5.84. The molecule has 1 aromatic carbocycles. The van der Waals surface area contributed by atoms with Gasteiger partial charge in [0.1, 0.15) is 11.4 Å². The Labute approximate surface area is 298 Å². The number of hydrogen-bond acceptors (Lipinski definition) is 6. The zero-order chi connectivity index (χ0) is 35.5. The zero-order valence-corrected chi connectivity index (χ0v) is 30.7. The molecular formula is C44H56O6. The number of aryl methyl sites for hydroxylation is 1. The fraction of sp³-hybridized carbons (Fsp3) is 0.705. The quantitative estimate of drug-likeness (QED) is 0.245. The van der Waals surface area contributed by atoms with Crippen molar-refractivity contribution in [3.63, 3.8) is 0 Å². The van der Waals surface area contributed by atoms with Crippen molar-refractivity contribution in [3.05, 3.63) is 41.0 Å². The van der Waals surface area contributed by atoms with Gasteiger partial charge in [-0.25, -0.2) is 0 Å². The normalized spacial score (nSPS) is 47.5. The molecule has 0 spiro atoms. The van der Waals surface area contributed by atoms with Crippen molar-refractivity contribution < 1.29 is 29.3 Å². The number of esters is 1. The number of carbonyl (C=O) groups is 3. The van der Waals surface area contributed by atoms with Gasteiger partial charge in [-0.3, -0.25) is 14.4 Å². The first-order valence-electron chi connectivity index (χ1n) is 19.7. The van der Waals surface area contributed by atoms with Crippen molar-refractivity contribution in [2.75, 3.05) is 0 Å². The summed E-state index contributed by atoms with van der Waals surface area (Å²) in [4.78, 5) is 37.0. The molecule has 6 nitrogen and oxygen atoms in total. The van der Waals surface area contributed by atoms with E-state index in [1.807, 2.05) is 18.2 Å². The lowest BCUT2D eigenvalue weighted by atomic mass is 9.48. The smallest absolute Gasteiger partial charge is 0.303 e. The van der Waals surface area contributed by atoms with Gasteiger partial charge in [-0.05, 0) is 167 Å². The van der Waals surface area contributed by atoms with Gasteiger partial charge in [-0.1, -0.05) is 38.3 Å². The zero-order valence-electron chi connectivity index (χ0n) is 30.7. The lowest BCUT2D eigenvalue weighted by Crippen LogP contribution is -2.58. The Balaban J connectivity index is 0.000000149. The Kier molecular flexibility index (Phi) is 7.90. The molecule has 0 radical (unpaired) electrons. The molecule has 8 aliphatic rings. The molecule has 0 heterocycles. The minimum absolute atomic E-state index is 0.0149. The SMILES string of the molecule is C#C[C@]1(O)CC[C@H]2[C@@H]3CCc4cc(O)ccc4[C@H]3CC[C@@]21C.CC(=O)O[C@]1(C(C)=O)CC[C@H]2[C@@H]3C[C@H](C)C4=CC(=O)[C@@H]5C[C@@H]5[C@@H]4[C@H]3CC[C@@]21C. The lowest BCUT2D eigenvalue weighted by Gasteiger charge is -2.56. The number of rotatable bonds is 2. The third kappa shape index (κ3) is 4.66. The first kappa shape index (κ1) is 34.2. The number of aromatic hydroxyl groups is 1. The van der Waals surface area contributed by atoms with Crippen LogP contribution in [0, 0.1) is 76.4 Å². The summed E-state index contributed by atoms with van der Waals surface area (Å²) in [6.45, 7) is 9.75. The summed E-state index contributed by atoms with van der Waals surface area (Å²) in [5.74, 6) is 8.36. The molecule has 6 fully saturated rings. The summed E-state index contributed by atoms with van der Waals surface area (Å²) in [5, 5.41) is 20.6. The van der Waals surface area contributed by atoms with Crippen molar-refractivity contribution in [2.45, 2.75) is 129 Å². The Morgan fingerprint density at radius 1 is 0.880 bits per heavy atom. The summed E-state index contributed by atoms with van der Waals surface area (Å²) in [5.41, 5.74) is 1.90. The second kappa shape index (κ2) is 11.5. The fourth-order valence-electron chi connectivity index (χ4n) is 14.1. The number of allylic oxidation sites excluding steroid dienone is 1. The van der Waals surface area contributed by atoms with Gasteiger partial charge >= 0.3 is 5.97 Å². The van der Waals surface area contributed by atoms with Crippen LogP contribution in [-0.2, 0) is 25.5 Å². The van der Waals surface area contributed by atoms with E-state index in [0.29, 0.717) is 71.2 Å². The highest BCUT2D eigenvalue weighted by Crippen LogP contribution is 2.69. The molecule has 8 aliphatic carbocycles. The maximum Gasteiger partial charge on any atom is 0.303 e. The monoisotopic (exact) mass is 680 g/mol. The number of phenolic OH excluding ortho intramolecular Hbond substituents is 1. The van der Waals surface area contributed by atoms with Crippen LogP contribution in [0.5, 0.6) is 5.75 Å². The summed E-state index contributed by atoms with van der Waals surface area (Å²) >= 11 is 0. The van der Waals surface area contributed by atoms with Crippen molar-refractivity contribution in [3.8, 4) is 18.1 Å². The number of aliphatic hydroxyl groups is 1. The van der Waals surface area contributed by atoms with Crippen LogP contribution in [0.2, 0.25) is 0 Å². The number of ether oxygens (including phenoxy) is 1. The first-order chi connectivity index (χ1) is 23.7. The predicted molar refractivity (Wildman–Crippen MR) is 191 cm³/mol. The maximum absolute atomic E-state index is 12.8. The van der Waals surface area contributed by atoms with E-state index in [2.05, 4.69) is 32.8 Å². The van der Waals surface area contributed by atoms with Crippen molar-refractivity contribution in [1.82, 2.24) is 0 Å². The molecule has 2 N–H and O–H groups in total. The molecule has 1 aromatic rings. The van der Waals surface area contributed by atoms with Crippen LogP contribution in [0.15, 0.2) is 29.8 Å². The first-order valence-corrected chi connectivity index (χ1v) is 19.7. The van der Waals surface area contributed by atoms with Crippen LogP contribution in [0.25, 0.3) is 0 Å². The number of phenols is 1. The highest BCUT2D eigenvalue weighted by Gasteiger charge is 2.68. The molecule has 0 aromatic heterocycles. The lowest BCUT2D eigenvalue weighted by molar-refractivity contribution is -0.186. The minimum Gasteiger partial charge on any atom is -0.508 e. The highest BCUT2D eigenvalue weighted by atomic mass is 16.6. The second-order valence-electron chi connectivity index (χ2n) is 18.4. The molecule has 6 saturated carbocycles. The molecule has 0 amide bonds. The van der Waals surface area contributed by atoms with Gasteiger partial charge in [0, 0.05) is 23.7 Å². The van der Waals surface area contributed by atoms with E-state index in [4.69, 9.17) is 11.2 Å². The van der Waals surface area contributed by atoms with Gasteiger partial charge < -0.3 is 14.9 Å². The van der Waals surface area contributed by atoms with Crippen LogP contribution in [0.4, 0.5) is 0 Å². The van der Waals surface area contributed by atoms with E-state index in [0.717, 1.165) is 70.6 Å². The Morgan fingerprint density at radius 2 is 1.60 bits per heavy atom. The number of hydrogen-bond donors (Lipinski definition) is 2. The number of ketones is 2. The van der Waals surface area contributed by atoms with Crippen molar-refractivity contribution >= 4 is 17.5 Å². The molecule has 14 atom stereocenters. The Morgan fingerprint density at radius 3 is 2.32 bits per heavy atom. The Bertz CT molecular complexity index is 1700. The highest BCUT2D eigenvalue weighted by molar-refractivity contribution is 5.96. The number of fused-ring (bicyclic) bond motifs is 12. The van der Waals surface area contributed by atoms with E-state index >= 15 is 0 Å². The third-order valence-corrected chi connectivity index (χ3v) is 16.6. The van der Waals surface area contributed by atoms with E-state index in [-0.39, 0.29) is 28.5 Å². The van der Waals surface area contributed by atoms with E-state index in [1.54, 1.807) is 6.92 Å². The molecule has 268 valence electrons. The van der Waals surface area contributed by atoms with Gasteiger partial charge in [0.05, 0.1) is 0 Å². The number of carbonyl (C=O) groups excluding carboxylic acids is 3. The van der Waals surface area contributed by atoms with Crippen LogP contribution >= 0.6 is 0 Å². The maximum atomic E-state index is 12.8. The minimum atomic E-state index is -0.946. The molecule has 6 heteroatoms. The van der Waals surface area contributed by atoms with Gasteiger partial charge in [0.2, 0.25) is 0 Å². The average Bonchev–Trinajstić information content (AvgIpc) is 3.76. The van der Waals surface area contributed by atoms with Gasteiger partial charge in [-0.15, -0.1) is 6.42 Å². The second-order valence-corrected chi connectivity index (χ2v) is 18.4. The molecular weight excluding hydrogens is 624 g/mol. The van der Waals surface area contributed by atoms with E-state index in [1.165, 1.54) is 23.6 Å². The summed E-state index contributed by atoms with van der Waals surface area (Å²) in [6.07, 6.45) is 19.6. The molecule has 0 aliphatic heterocycles. The Hall–Kier alpha value is -2.91. The third-order valence-electron chi connectivity index (χ3n) is 16.6. The molecule has 0 unspecified atom stereocenters. The van der Waals surface area contributed by atoms with E-state index < -0.39 is 11.2 Å². The van der Waals surface area contributed by atoms with Gasteiger partial charge in [0.15, 0.2) is 17.2 Å². The molecule has 50 heavy (non-hydrogen) atoms. The van der Waals surface area contributed by atoms with Crippen LogP contribution < -0.4 is 0 Å². The van der Waals surface area contributed by atoms with Crippen LogP contribution in [0.3, 0.4) is 0 Å².